The summed E-state index contributed by atoms with van der Waals surface area (Å²) in [4.78, 5) is 3.46. The van der Waals surface area contributed by atoms with Gasteiger partial charge in [0.05, 0.1) is 0 Å². The summed E-state index contributed by atoms with van der Waals surface area (Å²) >= 11 is 0. The lowest BCUT2D eigenvalue weighted by Crippen LogP contribution is -1.81. The van der Waals surface area contributed by atoms with Gasteiger partial charge in [-0.15, -0.1) is 0 Å². The van der Waals surface area contributed by atoms with E-state index in [9.17, 15) is 8.78 Å². The third-order valence-electron chi connectivity index (χ3n) is 2.09. The summed E-state index contributed by atoms with van der Waals surface area (Å²) in [6.45, 7) is 0. The Labute approximate surface area is 92.1 Å². The van der Waals surface area contributed by atoms with Crippen LogP contribution in [-0.2, 0) is 0 Å². The zero-order valence-electron chi connectivity index (χ0n) is 8.40. The van der Waals surface area contributed by atoms with E-state index in [0.29, 0.717) is 0 Å². The fourth-order valence-electron chi connectivity index (χ4n) is 1.29. The smallest absolute Gasteiger partial charge is 0.213 e. The SMILES string of the molecule is Fc1ccc(/C=C/c2ccnc(F)c2)cc1. The van der Waals surface area contributed by atoms with Gasteiger partial charge in [0.1, 0.15) is 5.82 Å². The van der Waals surface area contributed by atoms with Gasteiger partial charge in [-0.1, -0.05) is 24.3 Å². The molecule has 0 aliphatic rings. The molecule has 2 aromatic rings. The largest absolute Gasteiger partial charge is 0.228 e. The van der Waals surface area contributed by atoms with E-state index in [-0.39, 0.29) is 5.82 Å². The molecule has 16 heavy (non-hydrogen) atoms. The molecule has 1 aromatic heterocycles. The van der Waals surface area contributed by atoms with Gasteiger partial charge in [-0.25, -0.2) is 9.37 Å². The van der Waals surface area contributed by atoms with E-state index >= 15 is 0 Å². The minimum atomic E-state index is -0.513. The van der Waals surface area contributed by atoms with Crippen LogP contribution in [0.3, 0.4) is 0 Å². The van der Waals surface area contributed by atoms with E-state index in [2.05, 4.69) is 4.98 Å². The first-order valence-corrected chi connectivity index (χ1v) is 4.79. The van der Waals surface area contributed by atoms with Crippen molar-refractivity contribution in [2.75, 3.05) is 0 Å². The average Bonchev–Trinajstić information content (AvgIpc) is 2.28. The molecule has 1 nitrogen and oxygen atoms in total. The second-order valence-corrected chi connectivity index (χ2v) is 3.30. The lowest BCUT2D eigenvalue weighted by atomic mass is 10.1. The van der Waals surface area contributed by atoms with Gasteiger partial charge in [0.25, 0.3) is 0 Å². The van der Waals surface area contributed by atoms with Crippen molar-refractivity contribution in [2.45, 2.75) is 0 Å². The maximum atomic E-state index is 12.8. The molecule has 1 heterocycles. The summed E-state index contributed by atoms with van der Waals surface area (Å²) in [7, 11) is 0. The summed E-state index contributed by atoms with van der Waals surface area (Å²) < 4.78 is 25.4. The van der Waals surface area contributed by atoms with Crippen LogP contribution < -0.4 is 0 Å². The molecule has 0 aliphatic carbocycles. The van der Waals surface area contributed by atoms with Crippen molar-refractivity contribution >= 4 is 12.2 Å². The molecule has 0 aliphatic heterocycles. The quantitative estimate of drug-likeness (QED) is 0.701. The summed E-state index contributed by atoms with van der Waals surface area (Å²) in [5.41, 5.74) is 1.58. The number of pyridine rings is 1. The van der Waals surface area contributed by atoms with Crippen LogP contribution in [0.15, 0.2) is 42.6 Å². The highest BCUT2D eigenvalue weighted by molar-refractivity contribution is 5.69. The van der Waals surface area contributed by atoms with Gasteiger partial charge in [-0.2, -0.15) is 4.39 Å². The highest BCUT2D eigenvalue weighted by atomic mass is 19.1. The zero-order chi connectivity index (χ0) is 11.4. The molecule has 0 N–H and O–H groups in total. The van der Waals surface area contributed by atoms with E-state index in [1.807, 2.05) is 0 Å². The molecule has 2 rings (SSSR count). The van der Waals surface area contributed by atoms with Crippen LogP contribution in [0.1, 0.15) is 11.1 Å². The maximum Gasteiger partial charge on any atom is 0.213 e. The van der Waals surface area contributed by atoms with Crippen molar-refractivity contribution in [3.05, 3.63) is 65.5 Å². The lowest BCUT2D eigenvalue weighted by molar-refractivity contribution is 0.583. The summed E-state index contributed by atoms with van der Waals surface area (Å²) in [5, 5.41) is 0. The van der Waals surface area contributed by atoms with Crippen LogP contribution >= 0.6 is 0 Å². The van der Waals surface area contributed by atoms with Crippen LogP contribution in [0.5, 0.6) is 0 Å². The number of aromatic nitrogens is 1. The minimum Gasteiger partial charge on any atom is -0.228 e. The Kier molecular flexibility index (Phi) is 3.05. The van der Waals surface area contributed by atoms with Gasteiger partial charge >= 0.3 is 0 Å². The minimum absolute atomic E-state index is 0.271. The highest BCUT2D eigenvalue weighted by Crippen LogP contribution is 2.09. The van der Waals surface area contributed by atoms with Gasteiger partial charge in [0, 0.05) is 12.3 Å². The number of halogens is 2. The van der Waals surface area contributed by atoms with E-state index in [4.69, 9.17) is 0 Å². The molecule has 0 amide bonds. The Morgan fingerprint density at radius 3 is 2.25 bits per heavy atom. The molecule has 0 radical (unpaired) electrons. The van der Waals surface area contributed by atoms with Crippen molar-refractivity contribution in [2.24, 2.45) is 0 Å². The maximum absolute atomic E-state index is 12.8. The predicted octanol–water partition coefficient (Wildman–Crippen LogP) is 3.53. The molecular weight excluding hydrogens is 208 g/mol. The first-order valence-electron chi connectivity index (χ1n) is 4.79. The number of rotatable bonds is 2. The summed E-state index contributed by atoms with van der Waals surface area (Å²) in [6.07, 6.45) is 4.94. The van der Waals surface area contributed by atoms with Crippen LogP contribution in [0.4, 0.5) is 8.78 Å². The molecular formula is C13H9F2N. The third kappa shape index (κ3) is 2.73. The summed E-state index contributed by atoms with van der Waals surface area (Å²) in [6, 6.07) is 9.11. The van der Waals surface area contributed by atoms with Crippen LogP contribution in [0.2, 0.25) is 0 Å². The fraction of sp³-hybridized carbons (Fsp3) is 0. The van der Waals surface area contributed by atoms with Crippen molar-refractivity contribution in [1.29, 1.82) is 0 Å². The molecule has 0 saturated carbocycles. The van der Waals surface area contributed by atoms with Gasteiger partial charge in [0.15, 0.2) is 0 Å². The van der Waals surface area contributed by atoms with E-state index in [1.54, 1.807) is 30.4 Å². The molecule has 0 unspecified atom stereocenters. The zero-order valence-corrected chi connectivity index (χ0v) is 8.40. The number of nitrogens with zero attached hydrogens (tertiary/aromatic N) is 1. The molecule has 0 fully saturated rings. The Morgan fingerprint density at radius 2 is 1.56 bits per heavy atom. The molecule has 0 saturated heterocycles. The van der Waals surface area contributed by atoms with E-state index in [1.165, 1.54) is 24.4 Å². The lowest BCUT2D eigenvalue weighted by Gasteiger charge is -1.94. The Bertz CT molecular complexity index is 504. The van der Waals surface area contributed by atoms with Gasteiger partial charge in [0.2, 0.25) is 5.95 Å². The number of hydrogen-bond acceptors (Lipinski definition) is 1. The number of benzene rings is 1. The Balaban J connectivity index is 2.18. The van der Waals surface area contributed by atoms with Crippen LogP contribution in [-0.4, -0.2) is 4.98 Å². The van der Waals surface area contributed by atoms with Crippen LogP contribution in [0.25, 0.3) is 12.2 Å². The molecule has 0 atom stereocenters. The first kappa shape index (κ1) is 10.5. The van der Waals surface area contributed by atoms with Gasteiger partial charge in [-0.05, 0) is 29.3 Å². The second-order valence-electron chi connectivity index (χ2n) is 3.30. The van der Waals surface area contributed by atoms with Gasteiger partial charge in [-0.3, -0.25) is 0 Å². The predicted molar refractivity (Wildman–Crippen MR) is 59.5 cm³/mol. The molecule has 1 aromatic carbocycles. The van der Waals surface area contributed by atoms with Crippen LogP contribution in [0, 0.1) is 11.8 Å². The van der Waals surface area contributed by atoms with Crippen molar-refractivity contribution in [3.63, 3.8) is 0 Å². The highest BCUT2D eigenvalue weighted by Gasteiger charge is 1.92. The molecule has 80 valence electrons. The Hall–Kier alpha value is -2.03. The average molecular weight is 217 g/mol. The second kappa shape index (κ2) is 4.66. The molecule has 3 heteroatoms. The number of hydrogen-bond donors (Lipinski definition) is 0. The standard InChI is InChI=1S/C13H9F2N/c14-12-5-3-10(4-6-12)1-2-11-7-8-16-13(15)9-11/h1-9H/b2-1+. The van der Waals surface area contributed by atoms with Gasteiger partial charge < -0.3 is 0 Å². The first-order chi connectivity index (χ1) is 7.74. The van der Waals surface area contributed by atoms with E-state index in [0.717, 1.165) is 11.1 Å². The van der Waals surface area contributed by atoms with E-state index < -0.39 is 5.95 Å². The van der Waals surface area contributed by atoms with Crippen molar-refractivity contribution < 1.29 is 8.78 Å². The van der Waals surface area contributed by atoms with Crippen molar-refractivity contribution in [3.8, 4) is 0 Å². The van der Waals surface area contributed by atoms with Crippen molar-refractivity contribution in [1.82, 2.24) is 4.98 Å². The normalized spacial score (nSPS) is 10.9. The third-order valence-corrected chi connectivity index (χ3v) is 2.09. The topological polar surface area (TPSA) is 12.9 Å². The molecule has 0 bridgehead atoms. The fourth-order valence-corrected chi connectivity index (χ4v) is 1.29. The monoisotopic (exact) mass is 217 g/mol. The molecule has 0 spiro atoms. The summed E-state index contributed by atoms with van der Waals surface area (Å²) in [5.74, 6) is -0.784. The Morgan fingerprint density at radius 1 is 0.875 bits per heavy atom.